The molecule has 120 valence electrons. The summed E-state index contributed by atoms with van der Waals surface area (Å²) < 4.78 is 32.4. The zero-order valence-corrected chi connectivity index (χ0v) is 14.1. The lowest BCUT2D eigenvalue weighted by atomic mass is 10.1. The first kappa shape index (κ1) is 18.1. The number of nitrogens with one attached hydrogen (secondary N) is 2. The minimum absolute atomic E-state index is 0.159. The first-order valence-corrected chi connectivity index (χ1v) is 8.70. The van der Waals surface area contributed by atoms with Crippen molar-refractivity contribution < 1.29 is 13.2 Å². The summed E-state index contributed by atoms with van der Waals surface area (Å²) in [5.74, 6) is 0. The summed E-state index contributed by atoms with van der Waals surface area (Å²) in [6.07, 6.45) is 0.645. The van der Waals surface area contributed by atoms with Gasteiger partial charge in [0, 0.05) is 26.3 Å². The summed E-state index contributed by atoms with van der Waals surface area (Å²) in [6.45, 7) is 7.90. The molecule has 1 unspecified atom stereocenters. The van der Waals surface area contributed by atoms with Gasteiger partial charge in [-0.1, -0.05) is 13.0 Å². The van der Waals surface area contributed by atoms with Crippen molar-refractivity contribution in [2.75, 3.05) is 20.3 Å². The average molecular weight is 314 g/mol. The standard InChI is InChI=1S/C15H26N2O3S/c1-5-16-11-14-10-15(7-6-12(14)2)21(18,19)17-13(3)8-9-20-4/h6-7,10,13,16-17H,5,8-9,11H2,1-4H3. The second-order valence-electron chi connectivity index (χ2n) is 5.17. The van der Waals surface area contributed by atoms with Crippen molar-refractivity contribution in [3.63, 3.8) is 0 Å². The predicted molar refractivity (Wildman–Crippen MR) is 84.8 cm³/mol. The number of sulfonamides is 1. The highest BCUT2D eigenvalue weighted by atomic mass is 32.2. The molecule has 0 aliphatic rings. The fraction of sp³-hybridized carbons (Fsp3) is 0.600. The van der Waals surface area contributed by atoms with E-state index in [0.29, 0.717) is 24.5 Å². The molecule has 1 aromatic rings. The molecule has 0 aromatic heterocycles. The van der Waals surface area contributed by atoms with Gasteiger partial charge in [0.2, 0.25) is 10.0 Å². The first-order chi connectivity index (χ1) is 9.90. The van der Waals surface area contributed by atoms with Gasteiger partial charge in [0.25, 0.3) is 0 Å². The molecule has 0 saturated carbocycles. The highest BCUT2D eigenvalue weighted by Crippen LogP contribution is 2.16. The van der Waals surface area contributed by atoms with E-state index in [2.05, 4.69) is 10.0 Å². The van der Waals surface area contributed by atoms with Crippen LogP contribution in [0.1, 0.15) is 31.4 Å². The lowest BCUT2D eigenvalue weighted by Gasteiger charge is -2.15. The fourth-order valence-electron chi connectivity index (χ4n) is 1.95. The van der Waals surface area contributed by atoms with Crippen LogP contribution in [-0.2, 0) is 21.3 Å². The molecule has 0 spiro atoms. The molecule has 21 heavy (non-hydrogen) atoms. The van der Waals surface area contributed by atoms with Crippen LogP contribution in [0, 0.1) is 6.92 Å². The van der Waals surface area contributed by atoms with E-state index in [-0.39, 0.29) is 6.04 Å². The smallest absolute Gasteiger partial charge is 0.240 e. The minimum atomic E-state index is -3.49. The summed E-state index contributed by atoms with van der Waals surface area (Å²) in [7, 11) is -1.88. The highest BCUT2D eigenvalue weighted by Gasteiger charge is 2.18. The maximum Gasteiger partial charge on any atom is 0.240 e. The van der Waals surface area contributed by atoms with Gasteiger partial charge in [-0.05, 0) is 50.1 Å². The average Bonchev–Trinajstić information content (AvgIpc) is 2.43. The molecule has 0 radical (unpaired) electrons. The normalized spacial score (nSPS) is 13.3. The molecule has 0 saturated heterocycles. The maximum absolute atomic E-state index is 12.4. The molecule has 5 nitrogen and oxygen atoms in total. The lowest BCUT2D eigenvalue weighted by Crippen LogP contribution is -2.33. The van der Waals surface area contributed by atoms with Crippen LogP contribution in [0.5, 0.6) is 0 Å². The molecular formula is C15H26N2O3S. The monoisotopic (exact) mass is 314 g/mol. The van der Waals surface area contributed by atoms with Crippen LogP contribution in [-0.4, -0.2) is 34.7 Å². The molecule has 1 atom stereocenters. The van der Waals surface area contributed by atoms with Gasteiger partial charge in [0.15, 0.2) is 0 Å². The van der Waals surface area contributed by atoms with E-state index in [9.17, 15) is 8.42 Å². The SMILES string of the molecule is CCNCc1cc(S(=O)(=O)NC(C)CCOC)ccc1C. The van der Waals surface area contributed by atoms with Crippen LogP contribution in [0.25, 0.3) is 0 Å². The Bertz CT molecular complexity index is 544. The van der Waals surface area contributed by atoms with Crippen LogP contribution < -0.4 is 10.0 Å². The van der Waals surface area contributed by atoms with Crippen LogP contribution in [0.4, 0.5) is 0 Å². The minimum Gasteiger partial charge on any atom is -0.385 e. The van der Waals surface area contributed by atoms with Gasteiger partial charge >= 0.3 is 0 Å². The van der Waals surface area contributed by atoms with E-state index in [0.717, 1.165) is 17.7 Å². The van der Waals surface area contributed by atoms with Gasteiger partial charge in [-0.25, -0.2) is 13.1 Å². The van der Waals surface area contributed by atoms with Gasteiger partial charge in [-0.15, -0.1) is 0 Å². The Balaban J connectivity index is 2.87. The van der Waals surface area contributed by atoms with E-state index < -0.39 is 10.0 Å². The predicted octanol–water partition coefficient (Wildman–Crippen LogP) is 1.81. The van der Waals surface area contributed by atoms with Gasteiger partial charge in [0.05, 0.1) is 4.90 Å². The number of aryl methyl sites for hydroxylation is 1. The van der Waals surface area contributed by atoms with E-state index in [1.807, 2.05) is 26.8 Å². The van der Waals surface area contributed by atoms with Crippen LogP contribution in [0.15, 0.2) is 23.1 Å². The van der Waals surface area contributed by atoms with Gasteiger partial charge in [-0.2, -0.15) is 0 Å². The number of benzene rings is 1. The number of rotatable bonds is 9. The maximum atomic E-state index is 12.4. The summed E-state index contributed by atoms with van der Waals surface area (Å²) in [4.78, 5) is 0.310. The van der Waals surface area contributed by atoms with Crippen LogP contribution in [0.2, 0.25) is 0 Å². The Labute approximate surface area is 128 Å². The molecule has 0 aliphatic heterocycles. The number of hydrogen-bond donors (Lipinski definition) is 2. The number of hydrogen-bond acceptors (Lipinski definition) is 4. The van der Waals surface area contributed by atoms with Crippen molar-refractivity contribution in [1.82, 2.24) is 10.0 Å². The quantitative estimate of drug-likeness (QED) is 0.729. The summed E-state index contributed by atoms with van der Waals surface area (Å²) >= 11 is 0. The van der Waals surface area contributed by atoms with Crippen molar-refractivity contribution in [2.45, 2.75) is 44.7 Å². The van der Waals surface area contributed by atoms with Crippen molar-refractivity contribution >= 4 is 10.0 Å². The molecule has 1 aromatic carbocycles. The highest BCUT2D eigenvalue weighted by molar-refractivity contribution is 7.89. The third-order valence-electron chi connectivity index (χ3n) is 3.31. The molecule has 0 fully saturated rings. The zero-order chi connectivity index (χ0) is 15.9. The number of methoxy groups -OCH3 is 1. The second-order valence-corrected chi connectivity index (χ2v) is 6.89. The van der Waals surface area contributed by atoms with Crippen molar-refractivity contribution in [3.05, 3.63) is 29.3 Å². The van der Waals surface area contributed by atoms with E-state index in [1.165, 1.54) is 0 Å². The Morgan fingerprint density at radius 2 is 2.05 bits per heavy atom. The third-order valence-corrected chi connectivity index (χ3v) is 4.89. The van der Waals surface area contributed by atoms with Crippen molar-refractivity contribution in [3.8, 4) is 0 Å². The Morgan fingerprint density at radius 1 is 1.33 bits per heavy atom. The van der Waals surface area contributed by atoms with E-state index in [1.54, 1.807) is 19.2 Å². The van der Waals surface area contributed by atoms with Crippen LogP contribution in [0.3, 0.4) is 0 Å². The van der Waals surface area contributed by atoms with Gasteiger partial charge in [-0.3, -0.25) is 0 Å². The van der Waals surface area contributed by atoms with Crippen molar-refractivity contribution in [1.29, 1.82) is 0 Å². The summed E-state index contributed by atoms with van der Waals surface area (Å²) in [6, 6.07) is 5.08. The molecule has 0 amide bonds. The van der Waals surface area contributed by atoms with Crippen molar-refractivity contribution in [2.24, 2.45) is 0 Å². The Hall–Kier alpha value is -0.950. The van der Waals surface area contributed by atoms with E-state index >= 15 is 0 Å². The Kier molecular flexibility index (Phi) is 7.31. The molecule has 2 N–H and O–H groups in total. The van der Waals surface area contributed by atoms with Gasteiger partial charge < -0.3 is 10.1 Å². The molecule has 0 aliphatic carbocycles. The van der Waals surface area contributed by atoms with E-state index in [4.69, 9.17) is 4.74 Å². The largest absolute Gasteiger partial charge is 0.385 e. The fourth-order valence-corrected chi connectivity index (χ4v) is 3.28. The Morgan fingerprint density at radius 3 is 2.67 bits per heavy atom. The third kappa shape index (κ3) is 5.74. The topological polar surface area (TPSA) is 67.4 Å². The second kappa shape index (κ2) is 8.48. The molecule has 6 heteroatoms. The summed E-state index contributed by atoms with van der Waals surface area (Å²) in [5, 5.41) is 3.22. The first-order valence-electron chi connectivity index (χ1n) is 7.22. The van der Waals surface area contributed by atoms with Crippen LogP contribution >= 0.6 is 0 Å². The van der Waals surface area contributed by atoms with Gasteiger partial charge in [0.1, 0.15) is 0 Å². The molecular weight excluding hydrogens is 288 g/mol. The number of ether oxygens (including phenoxy) is 1. The summed E-state index contributed by atoms with van der Waals surface area (Å²) in [5.41, 5.74) is 2.09. The molecule has 0 heterocycles. The molecule has 1 rings (SSSR count). The molecule has 0 bridgehead atoms. The zero-order valence-electron chi connectivity index (χ0n) is 13.3. The lowest BCUT2D eigenvalue weighted by molar-refractivity contribution is 0.188.